The molecule has 1 saturated heterocycles. The molecule has 92 valence electrons. The number of hydrogen-bond acceptors (Lipinski definition) is 4. The summed E-state index contributed by atoms with van der Waals surface area (Å²) in [6.45, 7) is 3.55. The molecule has 0 spiro atoms. The molecule has 0 bridgehead atoms. The van der Waals surface area contributed by atoms with Crippen LogP contribution in [0.25, 0.3) is 0 Å². The molecule has 1 unspecified atom stereocenters. The van der Waals surface area contributed by atoms with Gasteiger partial charge in [0.25, 0.3) is 0 Å². The highest BCUT2D eigenvalue weighted by Crippen LogP contribution is 2.37. The summed E-state index contributed by atoms with van der Waals surface area (Å²) in [4.78, 5) is 15.9. The Bertz CT molecular complexity index is 387. The molecule has 0 saturated carbocycles. The predicted molar refractivity (Wildman–Crippen MR) is 62.5 cm³/mol. The van der Waals surface area contributed by atoms with Crippen LogP contribution < -0.4 is 0 Å². The predicted octanol–water partition coefficient (Wildman–Crippen LogP) is 1.76. The highest BCUT2D eigenvalue weighted by Gasteiger charge is 2.38. The molecule has 0 N–H and O–H groups in total. The fourth-order valence-electron chi connectivity index (χ4n) is 2.12. The lowest BCUT2D eigenvalue weighted by Crippen LogP contribution is -2.42. The van der Waals surface area contributed by atoms with Gasteiger partial charge in [0.15, 0.2) is 0 Å². The van der Waals surface area contributed by atoms with Gasteiger partial charge in [0.2, 0.25) is 0 Å². The van der Waals surface area contributed by atoms with Crippen LogP contribution in [0.3, 0.4) is 0 Å². The van der Waals surface area contributed by atoms with Gasteiger partial charge < -0.3 is 9.47 Å². The van der Waals surface area contributed by atoms with Crippen LogP contribution in [0, 0.1) is 5.41 Å². The third-order valence-electron chi connectivity index (χ3n) is 3.17. The zero-order valence-corrected chi connectivity index (χ0v) is 10.2. The molecule has 1 atom stereocenters. The molecule has 0 amide bonds. The van der Waals surface area contributed by atoms with E-state index in [4.69, 9.17) is 9.47 Å². The van der Waals surface area contributed by atoms with Crippen LogP contribution in [0.5, 0.6) is 0 Å². The number of carbonyl (C=O) groups is 1. The van der Waals surface area contributed by atoms with Crippen molar-refractivity contribution in [1.29, 1.82) is 0 Å². The second-order valence-electron chi connectivity index (χ2n) is 4.87. The number of pyridine rings is 1. The smallest absolute Gasteiger partial charge is 0.313 e. The molecule has 4 heteroatoms. The fraction of sp³-hybridized carbons (Fsp3) is 0.538. The van der Waals surface area contributed by atoms with E-state index in [-0.39, 0.29) is 17.3 Å². The molecular weight excluding hydrogens is 218 g/mol. The van der Waals surface area contributed by atoms with E-state index < -0.39 is 0 Å². The maximum Gasteiger partial charge on any atom is 0.313 e. The van der Waals surface area contributed by atoms with Crippen LogP contribution >= 0.6 is 0 Å². The van der Waals surface area contributed by atoms with Gasteiger partial charge in [-0.3, -0.25) is 9.78 Å². The van der Waals surface area contributed by atoms with Gasteiger partial charge in [-0.15, -0.1) is 0 Å². The van der Waals surface area contributed by atoms with Gasteiger partial charge in [-0.2, -0.15) is 0 Å². The van der Waals surface area contributed by atoms with Crippen molar-refractivity contribution in [2.24, 2.45) is 5.41 Å². The second-order valence-corrected chi connectivity index (χ2v) is 4.87. The zero-order valence-electron chi connectivity index (χ0n) is 10.2. The molecule has 1 aromatic rings. The normalized spacial score (nSPS) is 19.2. The molecule has 1 aliphatic heterocycles. The number of aromatic nitrogens is 1. The molecule has 0 radical (unpaired) electrons. The second kappa shape index (κ2) is 4.84. The maximum atomic E-state index is 11.8. The lowest BCUT2D eigenvalue weighted by Gasteiger charge is -2.40. The average Bonchev–Trinajstić information content (AvgIpc) is 2.34. The van der Waals surface area contributed by atoms with Crippen molar-refractivity contribution in [3.8, 4) is 0 Å². The Hall–Kier alpha value is -1.42. The molecule has 17 heavy (non-hydrogen) atoms. The summed E-state index contributed by atoms with van der Waals surface area (Å²) in [6, 6.07) is 3.75. The van der Waals surface area contributed by atoms with Crippen LogP contribution in [0.1, 0.15) is 24.8 Å². The third-order valence-corrected chi connectivity index (χ3v) is 3.17. The first kappa shape index (κ1) is 12.0. The summed E-state index contributed by atoms with van der Waals surface area (Å²) in [5, 5.41) is 0. The standard InChI is InChI=1S/C13H17NO3/c1-13(8-17-9-13)6-11(12(15)16-2)10-4-3-5-14-7-10/h3-5,7,11H,6,8-9H2,1-2H3. The molecule has 4 nitrogen and oxygen atoms in total. The van der Waals surface area contributed by atoms with Crippen molar-refractivity contribution in [3.63, 3.8) is 0 Å². The van der Waals surface area contributed by atoms with Crippen LogP contribution in [0.2, 0.25) is 0 Å². The molecule has 1 aromatic heterocycles. The van der Waals surface area contributed by atoms with Crippen LogP contribution in [-0.4, -0.2) is 31.3 Å². The van der Waals surface area contributed by atoms with Crippen LogP contribution in [-0.2, 0) is 14.3 Å². The molecule has 2 heterocycles. The number of carbonyl (C=O) groups excluding carboxylic acids is 1. The lowest BCUT2D eigenvalue weighted by atomic mass is 9.77. The molecule has 1 aliphatic rings. The summed E-state index contributed by atoms with van der Waals surface area (Å²) in [5.41, 5.74) is 0.988. The average molecular weight is 235 g/mol. The van der Waals surface area contributed by atoms with Crippen molar-refractivity contribution in [2.75, 3.05) is 20.3 Å². The van der Waals surface area contributed by atoms with Crippen molar-refractivity contribution in [2.45, 2.75) is 19.3 Å². The number of esters is 1. The highest BCUT2D eigenvalue weighted by molar-refractivity contribution is 5.78. The Morgan fingerprint density at radius 3 is 2.88 bits per heavy atom. The quantitative estimate of drug-likeness (QED) is 0.746. The Kier molecular flexibility index (Phi) is 3.43. The minimum Gasteiger partial charge on any atom is -0.469 e. The van der Waals surface area contributed by atoms with E-state index in [1.807, 2.05) is 12.1 Å². The van der Waals surface area contributed by atoms with E-state index in [9.17, 15) is 4.79 Å². The lowest BCUT2D eigenvalue weighted by molar-refractivity contribution is -0.148. The minimum atomic E-state index is -0.248. The summed E-state index contributed by atoms with van der Waals surface area (Å²) in [7, 11) is 1.42. The number of rotatable bonds is 4. The minimum absolute atomic E-state index is 0.0781. The number of hydrogen-bond donors (Lipinski definition) is 0. The van der Waals surface area contributed by atoms with Crippen molar-refractivity contribution >= 4 is 5.97 Å². The fourth-order valence-corrected chi connectivity index (χ4v) is 2.12. The molecular formula is C13H17NO3. The summed E-state index contributed by atoms with van der Waals surface area (Å²) in [6.07, 6.45) is 4.17. The molecule has 0 aromatic carbocycles. The Morgan fingerprint density at radius 1 is 1.65 bits per heavy atom. The van der Waals surface area contributed by atoms with Crippen LogP contribution in [0.15, 0.2) is 24.5 Å². The largest absolute Gasteiger partial charge is 0.469 e. The Morgan fingerprint density at radius 2 is 2.41 bits per heavy atom. The molecule has 1 fully saturated rings. The summed E-state index contributed by atoms with van der Waals surface area (Å²) in [5.74, 6) is -0.450. The van der Waals surface area contributed by atoms with Crippen molar-refractivity contribution < 1.29 is 14.3 Å². The van der Waals surface area contributed by atoms with E-state index in [0.29, 0.717) is 13.2 Å². The summed E-state index contributed by atoms with van der Waals surface area (Å²) < 4.78 is 10.1. The van der Waals surface area contributed by atoms with E-state index >= 15 is 0 Å². The van der Waals surface area contributed by atoms with Gasteiger partial charge in [-0.05, 0) is 18.1 Å². The van der Waals surface area contributed by atoms with Gasteiger partial charge in [0.05, 0.1) is 26.2 Å². The van der Waals surface area contributed by atoms with E-state index in [1.165, 1.54) is 7.11 Å². The van der Waals surface area contributed by atoms with Gasteiger partial charge in [-0.25, -0.2) is 0 Å². The topological polar surface area (TPSA) is 48.4 Å². The van der Waals surface area contributed by atoms with Crippen molar-refractivity contribution in [3.05, 3.63) is 30.1 Å². The van der Waals surface area contributed by atoms with Crippen molar-refractivity contribution in [1.82, 2.24) is 4.98 Å². The van der Waals surface area contributed by atoms with E-state index in [0.717, 1.165) is 12.0 Å². The van der Waals surface area contributed by atoms with E-state index in [1.54, 1.807) is 12.4 Å². The first-order valence-electron chi connectivity index (χ1n) is 5.70. The molecule has 2 rings (SSSR count). The zero-order chi connectivity index (χ0) is 12.3. The number of ether oxygens (including phenoxy) is 2. The van der Waals surface area contributed by atoms with Gasteiger partial charge >= 0.3 is 5.97 Å². The number of methoxy groups -OCH3 is 1. The van der Waals surface area contributed by atoms with Crippen LogP contribution in [0.4, 0.5) is 0 Å². The third kappa shape index (κ3) is 2.64. The SMILES string of the molecule is COC(=O)C(CC1(C)COC1)c1cccnc1. The first-order chi connectivity index (χ1) is 8.14. The molecule has 0 aliphatic carbocycles. The first-order valence-corrected chi connectivity index (χ1v) is 5.70. The highest BCUT2D eigenvalue weighted by atomic mass is 16.5. The van der Waals surface area contributed by atoms with E-state index in [2.05, 4.69) is 11.9 Å². The number of nitrogens with zero attached hydrogens (tertiary/aromatic N) is 1. The summed E-state index contributed by atoms with van der Waals surface area (Å²) >= 11 is 0. The monoisotopic (exact) mass is 235 g/mol. The Labute approximate surface area is 101 Å². The maximum absolute atomic E-state index is 11.8. The Balaban J connectivity index is 2.17. The van der Waals surface area contributed by atoms with Gasteiger partial charge in [0.1, 0.15) is 0 Å². The van der Waals surface area contributed by atoms with Gasteiger partial charge in [-0.1, -0.05) is 13.0 Å². The van der Waals surface area contributed by atoms with Gasteiger partial charge in [0, 0.05) is 17.8 Å².